The van der Waals surface area contributed by atoms with E-state index in [2.05, 4.69) is 64.2 Å². The first-order valence-electron chi connectivity index (χ1n) is 10.6. The SMILES string of the molecule is CCNC(=O)c1ccc(CN=C(NCC)NCCc2c[nH]c3cc(C)ccc23)cc1.I. The number of hydrogen-bond acceptors (Lipinski definition) is 2. The Bertz CT molecular complexity index is 1010. The summed E-state index contributed by atoms with van der Waals surface area (Å²) in [7, 11) is 0. The van der Waals surface area contributed by atoms with Gasteiger partial charge in [-0.15, -0.1) is 24.0 Å². The topological polar surface area (TPSA) is 81.3 Å². The molecule has 31 heavy (non-hydrogen) atoms. The first kappa shape index (κ1) is 24.7. The normalized spacial score (nSPS) is 11.1. The van der Waals surface area contributed by atoms with Gasteiger partial charge in [0.2, 0.25) is 0 Å². The van der Waals surface area contributed by atoms with Gasteiger partial charge in [-0.05, 0) is 62.1 Å². The number of rotatable bonds is 8. The largest absolute Gasteiger partial charge is 0.361 e. The van der Waals surface area contributed by atoms with Crippen LogP contribution in [0.4, 0.5) is 0 Å². The van der Waals surface area contributed by atoms with Gasteiger partial charge >= 0.3 is 0 Å². The summed E-state index contributed by atoms with van der Waals surface area (Å²) in [5.74, 6) is 0.746. The number of hydrogen-bond donors (Lipinski definition) is 4. The Balaban J connectivity index is 0.00000341. The molecule has 7 heteroatoms. The van der Waals surface area contributed by atoms with Gasteiger partial charge in [0.1, 0.15) is 0 Å². The summed E-state index contributed by atoms with van der Waals surface area (Å²) in [4.78, 5) is 19.9. The molecule has 0 aliphatic carbocycles. The van der Waals surface area contributed by atoms with Crippen LogP contribution in [0.15, 0.2) is 53.7 Å². The second-order valence-corrected chi connectivity index (χ2v) is 7.29. The molecule has 0 aliphatic heterocycles. The number of fused-ring (bicyclic) bond motifs is 1. The van der Waals surface area contributed by atoms with Gasteiger partial charge in [-0.2, -0.15) is 0 Å². The van der Waals surface area contributed by atoms with E-state index in [1.54, 1.807) is 0 Å². The number of carbonyl (C=O) groups excluding carboxylic acids is 1. The number of nitrogens with one attached hydrogen (secondary N) is 4. The summed E-state index contributed by atoms with van der Waals surface area (Å²) >= 11 is 0. The molecule has 166 valence electrons. The Kier molecular flexibility index (Phi) is 9.84. The molecule has 1 heterocycles. The number of aliphatic imine (C=N–C) groups is 1. The van der Waals surface area contributed by atoms with E-state index < -0.39 is 0 Å². The first-order valence-corrected chi connectivity index (χ1v) is 10.6. The van der Waals surface area contributed by atoms with Gasteiger partial charge in [0.05, 0.1) is 6.54 Å². The molecule has 0 saturated heterocycles. The smallest absolute Gasteiger partial charge is 0.251 e. The predicted octanol–water partition coefficient (Wildman–Crippen LogP) is 4.14. The molecule has 0 bridgehead atoms. The van der Waals surface area contributed by atoms with Crippen LogP contribution in [0.25, 0.3) is 10.9 Å². The number of carbonyl (C=O) groups is 1. The Labute approximate surface area is 201 Å². The number of benzene rings is 2. The zero-order valence-electron chi connectivity index (χ0n) is 18.4. The van der Waals surface area contributed by atoms with Crippen LogP contribution in [0.5, 0.6) is 0 Å². The molecule has 6 nitrogen and oxygen atoms in total. The Morgan fingerprint density at radius 3 is 2.45 bits per heavy atom. The van der Waals surface area contributed by atoms with E-state index in [1.807, 2.05) is 31.2 Å². The van der Waals surface area contributed by atoms with Crippen molar-refractivity contribution in [1.82, 2.24) is 20.9 Å². The number of aromatic nitrogens is 1. The lowest BCUT2D eigenvalue weighted by atomic mass is 10.1. The van der Waals surface area contributed by atoms with Crippen molar-refractivity contribution >= 4 is 46.7 Å². The Morgan fingerprint density at radius 1 is 1.00 bits per heavy atom. The lowest BCUT2D eigenvalue weighted by Crippen LogP contribution is -2.38. The van der Waals surface area contributed by atoms with E-state index in [-0.39, 0.29) is 29.9 Å². The number of halogens is 1. The van der Waals surface area contributed by atoms with Crippen molar-refractivity contribution in [3.8, 4) is 0 Å². The van der Waals surface area contributed by atoms with Crippen LogP contribution in [0.2, 0.25) is 0 Å². The van der Waals surface area contributed by atoms with E-state index >= 15 is 0 Å². The molecule has 2 aromatic carbocycles. The minimum absolute atomic E-state index is 0. The number of H-pyrrole nitrogens is 1. The number of nitrogens with zero attached hydrogens (tertiary/aromatic N) is 1. The quantitative estimate of drug-likeness (QED) is 0.200. The van der Waals surface area contributed by atoms with Crippen LogP contribution in [-0.2, 0) is 13.0 Å². The maximum Gasteiger partial charge on any atom is 0.251 e. The van der Waals surface area contributed by atoms with Crippen molar-refractivity contribution in [3.63, 3.8) is 0 Å². The summed E-state index contributed by atoms with van der Waals surface area (Å²) < 4.78 is 0. The molecular formula is C24H32IN5O. The van der Waals surface area contributed by atoms with Crippen molar-refractivity contribution in [2.24, 2.45) is 4.99 Å². The fourth-order valence-electron chi connectivity index (χ4n) is 3.36. The Hall–Kier alpha value is -2.55. The van der Waals surface area contributed by atoms with Gasteiger partial charge in [-0.1, -0.05) is 24.3 Å². The molecule has 0 fully saturated rings. The van der Waals surface area contributed by atoms with Crippen molar-refractivity contribution in [1.29, 1.82) is 0 Å². The highest BCUT2D eigenvalue weighted by atomic mass is 127. The van der Waals surface area contributed by atoms with E-state index in [9.17, 15) is 4.79 Å². The fourth-order valence-corrected chi connectivity index (χ4v) is 3.36. The first-order chi connectivity index (χ1) is 14.6. The summed E-state index contributed by atoms with van der Waals surface area (Å²) in [6, 6.07) is 14.1. The van der Waals surface area contributed by atoms with Gasteiger partial charge in [-0.3, -0.25) is 4.79 Å². The van der Waals surface area contributed by atoms with Gasteiger partial charge in [0.15, 0.2) is 5.96 Å². The second-order valence-electron chi connectivity index (χ2n) is 7.29. The average Bonchev–Trinajstić information content (AvgIpc) is 3.14. The fraction of sp³-hybridized carbons (Fsp3) is 0.333. The molecule has 3 aromatic rings. The monoisotopic (exact) mass is 533 g/mol. The number of guanidine groups is 1. The van der Waals surface area contributed by atoms with E-state index in [4.69, 9.17) is 0 Å². The Morgan fingerprint density at radius 2 is 1.74 bits per heavy atom. The standard InChI is InChI=1S/C24H31N5O.HI/c1-4-25-23(30)19-9-7-18(8-10-19)15-29-24(26-5-2)27-13-12-20-16-28-22-14-17(3)6-11-21(20)22;/h6-11,14,16,28H,4-5,12-13,15H2,1-3H3,(H,25,30)(H2,26,27,29);1H. The van der Waals surface area contributed by atoms with Crippen molar-refractivity contribution in [3.05, 3.63) is 70.9 Å². The van der Waals surface area contributed by atoms with E-state index in [0.717, 1.165) is 31.0 Å². The molecule has 4 N–H and O–H groups in total. The zero-order valence-corrected chi connectivity index (χ0v) is 20.7. The van der Waals surface area contributed by atoms with Crippen molar-refractivity contribution < 1.29 is 4.79 Å². The molecule has 0 spiro atoms. The molecule has 0 atom stereocenters. The van der Waals surface area contributed by atoms with Crippen LogP contribution >= 0.6 is 24.0 Å². The highest BCUT2D eigenvalue weighted by Gasteiger charge is 2.06. The van der Waals surface area contributed by atoms with Crippen LogP contribution < -0.4 is 16.0 Å². The van der Waals surface area contributed by atoms with Crippen molar-refractivity contribution in [2.45, 2.75) is 33.7 Å². The summed E-state index contributed by atoms with van der Waals surface area (Å²) in [5.41, 5.74) is 5.47. The van der Waals surface area contributed by atoms with Gasteiger partial charge in [0.25, 0.3) is 5.91 Å². The number of aryl methyl sites for hydroxylation is 1. The molecular weight excluding hydrogens is 501 g/mol. The van der Waals surface area contributed by atoms with E-state index in [1.165, 1.54) is 22.0 Å². The third-order valence-electron chi connectivity index (χ3n) is 4.93. The predicted molar refractivity (Wildman–Crippen MR) is 139 cm³/mol. The third kappa shape index (κ3) is 6.99. The average molecular weight is 533 g/mol. The number of aromatic amines is 1. The molecule has 3 rings (SSSR count). The number of amides is 1. The van der Waals surface area contributed by atoms with Crippen LogP contribution in [0.3, 0.4) is 0 Å². The molecule has 0 aliphatic rings. The summed E-state index contributed by atoms with van der Waals surface area (Å²) in [6.07, 6.45) is 3.00. The summed E-state index contributed by atoms with van der Waals surface area (Å²) in [5, 5.41) is 10.8. The minimum atomic E-state index is -0.0463. The highest BCUT2D eigenvalue weighted by molar-refractivity contribution is 14.0. The van der Waals surface area contributed by atoms with E-state index in [0.29, 0.717) is 18.7 Å². The molecule has 0 radical (unpaired) electrons. The maximum absolute atomic E-state index is 11.9. The minimum Gasteiger partial charge on any atom is -0.361 e. The molecule has 1 amide bonds. The van der Waals surface area contributed by atoms with Crippen LogP contribution in [0.1, 0.15) is 40.9 Å². The van der Waals surface area contributed by atoms with Crippen LogP contribution in [0, 0.1) is 6.92 Å². The van der Waals surface area contributed by atoms with Gasteiger partial charge in [0, 0.05) is 42.3 Å². The maximum atomic E-state index is 11.9. The molecule has 1 aromatic heterocycles. The lowest BCUT2D eigenvalue weighted by molar-refractivity contribution is 0.0956. The molecule has 0 unspecified atom stereocenters. The second kappa shape index (κ2) is 12.3. The summed E-state index contributed by atoms with van der Waals surface area (Å²) in [6.45, 7) is 8.85. The molecule has 0 saturated carbocycles. The van der Waals surface area contributed by atoms with Crippen molar-refractivity contribution in [2.75, 3.05) is 19.6 Å². The lowest BCUT2D eigenvalue weighted by Gasteiger charge is -2.11. The third-order valence-corrected chi connectivity index (χ3v) is 4.93. The van der Waals surface area contributed by atoms with Crippen LogP contribution in [-0.4, -0.2) is 36.5 Å². The highest BCUT2D eigenvalue weighted by Crippen LogP contribution is 2.19. The van der Waals surface area contributed by atoms with Gasteiger partial charge < -0.3 is 20.9 Å². The zero-order chi connectivity index (χ0) is 21.3. The van der Waals surface area contributed by atoms with Gasteiger partial charge in [-0.25, -0.2) is 4.99 Å².